The number of nitrogens with zero attached hydrogens (tertiary/aromatic N) is 3. The van der Waals surface area contributed by atoms with Crippen molar-refractivity contribution in [3.63, 3.8) is 0 Å². The van der Waals surface area contributed by atoms with Crippen molar-refractivity contribution in [2.45, 2.75) is 51.1 Å². The maximum Gasteiger partial charge on any atom is 0.223 e. The molecule has 3 rings (SSSR count). The highest BCUT2D eigenvalue weighted by Gasteiger charge is 2.27. The SMILES string of the molecule is CSc1nc(C)c(CCC(=O)N2CCC(C(=O)NCCc3cccs3)CC2)c(C)n1. The lowest BCUT2D eigenvalue weighted by atomic mass is 9.95. The molecule has 1 N–H and O–H groups in total. The average Bonchev–Trinajstić information content (AvgIpc) is 3.26. The molecule has 2 aromatic heterocycles. The van der Waals surface area contributed by atoms with E-state index in [9.17, 15) is 9.59 Å². The first-order chi connectivity index (χ1) is 14.5. The van der Waals surface area contributed by atoms with Crippen molar-refractivity contribution in [3.05, 3.63) is 39.3 Å². The van der Waals surface area contributed by atoms with Gasteiger partial charge in [0, 0.05) is 48.2 Å². The van der Waals surface area contributed by atoms with E-state index in [1.165, 1.54) is 16.6 Å². The zero-order valence-corrected chi connectivity index (χ0v) is 19.6. The van der Waals surface area contributed by atoms with Gasteiger partial charge < -0.3 is 10.2 Å². The zero-order valence-electron chi connectivity index (χ0n) is 17.9. The molecule has 0 atom stereocenters. The van der Waals surface area contributed by atoms with Crippen LogP contribution in [0.2, 0.25) is 0 Å². The van der Waals surface area contributed by atoms with Crippen LogP contribution < -0.4 is 5.32 Å². The number of hydrogen-bond acceptors (Lipinski definition) is 6. The summed E-state index contributed by atoms with van der Waals surface area (Å²) < 4.78 is 0. The van der Waals surface area contributed by atoms with E-state index in [1.54, 1.807) is 11.3 Å². The Balaban J connectivity index is 1.41. The average molecular weight is 447 g/mol. The molecule has 0 aliphatic carbocycles. The number of hydrogen-bond donors (Lipinski definition) is 1. The standard InChI is InChI=1S/C22H30N4O2S2/c1-15-19(16(2)25-22(24-15)29-3)6-7-20(27)26-12-9-17(10-13-26)21(28)23-11-8-18-5-4-14-30-18/h4-5,14,17H,6-13H2,1-3H3,(H,23,28). The van der Waals surface area contributed by atoms with Crippen LogP contribution in [0.4, 0.5) is 0 Å². The lowest BCUT2D eigenvalue weighted by molar-refractivity contribution is -0.135. The molecule has 1 aliphatic heterocycles. The fraction of sp³-hybridized carbons (Fsp3) is 0.545. The summed E-state index contributed by atoms with van der Waals surface area (Å²) in [6.07, 6.45) is 5.43. The fourth-order valence-electron chi connectivity index (χ4n) is 3.85. The molecule has 162 valence electrons. The Morgan fingerprint density at radius 1 is 1.20 bits per heavy atom. The van der Waals surface area contributed by atoms with Crippen molar-refractivity contribution in [2.75, 3.05) is 25.9 Å². The number of aryl methyl sites for hydroxylation is 2. The number of amides is 2. The van der Waals surface area contributed by atoms with Crippen LogP contribution in [-0.4, -0.2) is 52.6 Å². The maximum absolute atomic E-state index is 12.7. The van der Waals surface area contributed by atoms with Crippen molar-refractivity contribution in [1.29, 1.82) is 0 Å². The first kappa shape index (κ1) is 22.7. The van der Waals surface area contributed by atoms with Gasteiger partial charge in [-0.3, -0.25) is 9.59 Å². The number of thioether (sulfide) groups is 1. The van der Waals surface area contributed by atoms with Crippen LogP contribution in [0.3, 0.4) is 0 Å². The second-order valence-corrected chi connectivity index (χ2v) is 9.44. The lowest BCUT2D eigenvalue weighted by Gasteiger charge is -2.31. The van der Waals surface area contributed by atoms with Crippen LogP contribution in [0, 0.1) is 19.8 Å². The molecule has 6 nitrogen and oxygen atoms in total. The Hall–Kier alpha value is -1.93. The van der Waals surface area contributed by atoms with Crippen molar-refractivity contribution in [1.82, 2.24) is 20.2 Å². The molecule has 0 radical (unpaired) electrons. The number of carbonyl (C=O) groups excluding carboxylic acids is 2. The van der Waals surface area contributed by atoms with Crippen molar-refractivity contribution in [3.8, 4) is 0 Å². The predicted molar refractivity (Wildman–Crippen MR) is 122 cm³/mol. The summed E-state index contributed by atoms with van der Waals surface area (Å²) in [5.41, 5.74) is 2.98. The van der Waals surface area contributed by atoms with Crippen LogP contribution in [-0.2, 0) is 22.4 Å². The zero-order chi connectivity index (χ0) is 21.5. The van der Waals surface area contributed by atoms with Gasteiger partial charge in [0.05, 0.1) is 0 Å². The number of carbonyl (C=O) groups is 2. The van der Waals surface area contributed by atoms with Gasteiger partial charge in [-0.15, -0.1) is 11.3 Å². The third kappa shape index (κ3) is 6.04. The van der Waals surface area contributed by atoms with E-state index >= 15 is 0 Å². The number of piperidine rings is 1. The number of likely N-dealkylation sites (tertiary alicyclic amines) is 1. The minimum absolute atomic E-state index is 0.00867. The Bertz CT molecular complexity index is 839. The van der Waals surface area contributed by atoms with E-state index in [4.69, 9.17) is 0 Å². The molecule has 0 spiro atoms. The normalized spacial score (nSPS) is 14.7. The molecule has 0 unspecified atom stereocenters. The van der Waals surface area contributed by atoms with Crippen molar-refractivity contribution in [2.24, 2.45) is 5.92 Å². The highest BCUT2D eigenvalue weighted by atomic mass is 32.2. The van der Waals surface area contributed by atoms with Crippen molar-refractivity contribution >= 4 is 34.9 Å². The second kappa shape index (κ2) is 10.9. The van der Waals surface area contributed by atoms with Crippen LogP contribution in [0.1, 0.15) is 41.1 Å². The molecular weight excluding hydrogens is 416 g/mol. The highest BCUT2D eigenvalue weighted by Crippen LogP contribution is 2.21. The number of aromatic nitrogens is 2. The van der Waals surface area contributed by atoms with E-state index in [1.807, 2.05) is 31.1 Å². The number of thiophene rings is 1. The fourth-order valence-corrected chi connectivity index (χ4v) is 5.02. The van der Waals surface area contributed by atoms with Gasteiger partial charge in [-0.05, 0) is 62.8 Å². The second-order valence-electron chi connectivity index (χ2n) is 7.64. The Labute approximate surface area is 186 Å². The third-order valence-corrected chi connectivity index (χ3v) is 7.12. The molecule has 8 heteroatoms. The molecule has 0 saturated carbocycles. The molecule has 2 amide bonds. The van der Waals surface area contributed by atoms with Gasteiger partial charge in [-0.2, -0.15) is 0 Å². The highest BCUT2D eigenvalue weighted by molar-refractivity contribution is 7.98. The minimum atomic E-state index is 0.00867. The summed E-state index contributed by atoms with van der Waals surface area (Å²) in [5, 5.41) is 5.88. The molecule has 0 aromatic carbocycles. The van der Waals surface area contributed by atoms with Gasteiger partial charge >= 0.3 is 0 Å². The first-order valence-corrected chi connectivity index (χ1v) is 12.5. The number of rotatable bonds is 8. The maximum atomic E-state index is 12.7. The molecule has 1 saturated heterocycles. The summed E-state index contributed by atoms with van der Waals surface area (Å²) in [6, 6.07) is 4.12. The third-order valence-electron chi connectivity index (χ3n) is 5.64. The Kier molecular flexibility index (Phi) is 8.27. The van der Waals surface area contributed by atoms with Crippen LogP contribution >= 0.6 is 23.1 Å². The van der Waals surface area contributed by atoms with Crippen LogP contribution in [0.5, 0.6) is 0 Å². The van der Waals surface area contributed by atoms with Gasteiger partial charge in [0.25, 0.3) is 0 Å². The van der Waals surface area contributed by atoms with Gasteiger partial charge in [0.2, 0.25) is 11.8 Å². The van der Waals surface area contributed by atoms with E-state index in [0.717, 1.165) is 41.4 Å². The Morgan fingerprint density at radius 3 is 2.50 bits per heavy atom. The van der Waals surface area contributed by atoms with Crippen LogP contribution in [0.25, 0.3) is 0 Å². The first-order valence-electron chi connectivity index (χ1n) is 10.4. The lowest BCUT2D eigenvalue weighted by Crippen LogP contribution is -2.43. The summed E-state index contributed by atoms with van der Waals surface area (Å²) >= 11 is 3.25. The van der Waals surface area contributed by atoms with E-state index in [2.05, 4.69) is 26.7 Å². The van der Waals surface area contributed by atoms with E-state index in [0.29, 0.717) is 32.5 Å². The Morgan fingerprint density at radius 2 is 1.90 bits per heavy atom. The predicted octanol–water partition coefficient (Wildman–Crippen LogP) is 3.41. The summed E-state index contributed by atoms with van der Waals surface area (Å²) in [6.45, 7) is 5.95. The van der Waals surface area contributed by atoms with Gasteiger partial charge in [0.1, 0.15) is 0 Å². The van der Waals surface area contributed by atoms with E-state index < -0.39 is 0 Å². The summed E-state index contributed by atoms with van der Waals surface area (Å²) in [4.78, 5) is 37.3. The number of nitrogens with one attached hydrogen (secondary N) is 1. The molecule has 1 aliphatic rings. The molecule has 30 heavy (non-hydrogen) atoms. The molecule has 2 aromatic rings. The van der Waals surface area contributed by atoms with E-state index in [-0.39, 0.29) is 17.7 Å². The topological polar surface area (TPSA) is 75.2 Å². The largest absolute Gasteiger partial charge is 0.355 e. The monoisotopic (exact) mass is 446 g/mol. The van der Waals surface area contributed by atoms with Gasteiger partial charge in [-0.1, -0.05) is 17.8 Å². The summed E-state index contributed by atoms with van der Waals surface area (Å²) in [7, 11) is 0. The molecular formula is C22H30N4O2S2. The quantitative estimate of drug-likeness (QED) is 0.497. The molecule has 3 heterocycles. The van der Waals surface area contributed by atoms with Gasteiger partial charge in [0.15, 0.2) is 5.16 Å². The van der Waals surface area contributed by atoms with Crippen molar-refractivity contribution < 1.29 is 9.59 Å². The summed E-state index contributed by atoms with van der Waals surface area (Å²) in [5.74, 6) is 0.282. The molecule has 1 fully saturated rings. The van der Waals surface area contributed by atoms with Crippen LogP contribution in [0.15, 0.2) is 22.7 Å². The smallest absolute Gasteiger partial charge is 0.223 e. The minimum Gasteiger partial charge on any atom is -0.355 e. The molecule has 0 bridgehead atoms. The van der Waals surface area contributed by atoms with Gasteiger partial charge in [-0.25, -0.2) is 9.97 Å².